The summed E-state index contributed by atoms with van der Waals surface area (Å²) >= 11 is 8.53. The topological polar surface area (TPSA) is 72.6 Å². The van der Waals surface area contributed by atoms with E-state index in [1.807, 2.05) is 6.92 Å². The van der Waals surface area contributed by atoms with Gasteiger partial charge in [-0.2, -0.15) is 0 Å². The number of carbonyl (C=O) groups is 1. The van der Waals surface area contributed by atoms with E-state index in [-0.39, 0.29) is 16.5 Å². The molecule has 1 aromatic rings. The lowest BCUT2D eigenvalue weighted by Crippen LogP contribution is -1.91. The molecule has 1 aliphatic heterocycles. The number of hydrogen-bond acceptors (Lipinski definition) is 6. The molecule has 2 rings (SSSR count). The van der Waals surface area contributed by atoms with Crippen LogP contribution in [0.3, 0.4) is 0 Å². The van der Waals surface area contributed by atoms with Crippen LogP contribution in [0.2, 0.25) is 5.02 Å². The first-order valence-corrected chi connectivity index (χ1v) is 7.78. The Morgan fingerprint density at radius 1 is 1.55 bits per heavy atom. The number of halogens is 1. The molecule has 0 saturated heterocycles. The number of carbonyl (C=O) groups excluding carboxylic acids is 1. The Kier molecular flexibility index (Phi) is 4.85. The predicted molar refractivity (Wildman–Crippen MR) is 84.2 cm³/mol. The summed E-state index contributed by atoms with van der Waals surface area (Å²) < 4.78 is 0.685. The summed E-state index contributed by atoms with van der Waals surface area (Å²) in [4.78, 5) is 26.2. The van der Waals surface area contributed by atoms with Crippen LogP contribution in [0, 0.1) is 10.1 Å². The van der Waals surface area contributed by atoms with Crippen molar-refractivity contribution in [2.45, 2.75) is 6.92 Å². The summed E-state index contributed by atoms with van der Waals surface area (Å²) in [7, 11) is 0. The summed E-state index contributed by atoms with van der Waals surface area (Å²) in [5, 5.41) is 10.9. The molecule has 5 nitrogen and oxygen atoms in total. The number of nitro groups is 1. The molecular formula is C12H9ClN2O3S2. The average Bonchev–Trinajstić information content (AvgIpc) is 2.72. The number of nitro benzene ring substituents is 1. The molecule has 104 valence electrons. The van der Waals surface area contributed by atoms with Gasteiger partial charge in [0.2, 0.25) is 5.12 Å². The Morgan fingerprint density at radius 2 is 2.30 bits per heavy atom. The van der Waals surface area contributed by atoms with Gasteiger partial charge in [-0.25, -0.2) is 4.99 Å². The monoisotopic (exact) mass is 328 g/mol. The lowest BCUT2D eigenvalue weighted by Gasteiger charge is -1.99. The fraction of sp³-hybridized carbons (Fsp3) is 0.167. The van der Waals surface area contributed by atoms with Crippen molar-refractivity contribution in [2.75, 3.05) is 5.75 Å². The van der Waals surface area contributed by atoms with Gasteiger partial charge in [0.15, 0.2) is 0 Å². The molecule has 1 aliphatic rings. The van der Waals surface area contributed by atoms with E-state index in [1.165, 1.54) is 36.0 Å². The lowest BCUT2D eigenvalue weighted by atomic mass is 10.1. The van der Waals surface area contributed by atoms with Gasteiger partial charge < -0.3 is 0 Å². The number of benzene rings is 1. The van der Waals surface area contributed by atoms with Crippen LogP contribution in [0.1, 0.15) is 12.5 Å². The van der Waals surface area contributed by atoms with Gasteiger partial charge in [-0.3, -0.25) is 14.9 Å². The van der Waals surface area contributed by atoms with Gasteiger partial charge in [0.05, 0.1) is 4.92 Å². The molecule has 0 unspecified atom stereocenters. The van der Waals surface area contributed by atoms with Crippen LogP contribution >= 0.6 is 35.1 Å². The number of hydrogen-bond donors (Lipinski definition) is 0. The Bertz CT molecular complexity index is 644. The molecule has 20 heavy (non-hydrogen) atoms. The second-order valence-corrected chi connectivity index (χ2v) is 6.57. The van der Waals surface area contributed by atoms with Gasteiger partial charge in [-0.05, 0) is 29.7 Å². The minimum Gasteiger partial charge on any atom is -0.279 e. The zero-order valence-electron chi connectivity index (χ0n) is 10.3. The van der Waals surface area contributed by atoms with Gasteiger partial charge >= 0.3 is 0 Å². The highest BCUT2D eigenvalue weighted by atomic mass is 35.5. The van der Waals surface area contributed by atoms with Crippen LogP contribution < -0.4 is 0 Å². The summed E-state index contributed by atoms with van der Waals surface area (Å²) in [6.45, 7) is 1.97. The van der Waals surface area contributed by atoms with E-state index in [2.05, 4.69) is 4.99 Å². The number of aliphatic imine (C=N–C) groups is 1. The van der Waals surface area contributed by atoms with Crippen LogP contribution in [0.4, 0.5) is 5.69 Å². The SMILES string of the molecule is CCSC1=N/C(=C/c2cc([N+](=O)[O-])ccc2Cl)C(=O)S1. The summed E-state index contributed by atoms with van der Waals surface area (Å²) in [5.41, 5.74) is 0.594. The van der Waals surface area contributed by atoms with Crippen LogP contribution in [-0.4, -0.2) is 20.2 Å². The van der Waals surface area contributed by atoms with Crippen molar-refractivity contribution in [3.63, 3.8) is 0 Å². The second-order valence-electron chi connectivity index (χ2n) is 3.69. The molecule has 0 aromatic heterocycles. The Labute approximate surface area is 128 Å². The van der Waals surface area contributed by atoms with Crippen molar-refractivity contribution in [2.24, 2.45) is 4.99 Å². The maximum Gasteiger partial charge on any atom is 0.270 e. The fourth-order valence-electron chi connectivity index (χ4n) is 1.48. The predicted octanol–water partition coefficient (Wildman–Crippen LogP) is 3.97. The van der Waals surface area contributed by atoms with Gasteiger partial charge in [0.1, 0.15) is 10.1 Å². The molecule has 8 heteroatoms. The van der Waals surface area contributed by atoms with Crippen molar-refractivity contribution in [1.82, 2.24) is 0 Å². The Balaban J connectivity index is 2.37. The van der Waals surface area contributed by atoms with Gasteiger partial charge in [0.25, 0.3) is 5.69 Å². The summed E-state index contributed by atoms with van der Waals surface area (Å²) in [6.07, 6.45) is 1.48. The minimum absolute atomic E-state index is 0.0773. The largest absolute Gasteiger partial charge is 0.279 e. The first kappa shape index (κ1) is 15.1. The number of thioether (sulfide) groups is 2. The number of rotatable bonds is 3. The third-order valence-corrected chi connectivity index (χ3v) is 4.59. The Morgan fingerprint density at radius 3 is 2.95 bits per heavy atom. The van der Waals surface area contributed by atoms with Crippen molar-refractivity contribution in [3.8, 4) is 0 Å². The molecule has 1 aromatic carbocycles. The lowest BCUT2D eigenvalue weighted by molar-refractivity contribution is -0.384. The van der Waals surface area contributed by atoms with Gasteiger partial charge in [-0.1, -0.05) is 30.3 Å². The Hall–Kier alpha value is -1.31. The molecule has 0 fully saturated rings. The van der Waals surface area contributed by atoms with Crippen molar-refractivity contribution in [3.05, 3.63) is 44.6 Å². The zero-order chi connectivity index (χ0) is 14.7. The fourth-order valence-corrected chi connectivity index (χ4v) is 3.39. The van der Waals surface area contributed by atoms with Crippen molar-refractivity contribution < 1.29 is 9.72 Å². The standard InChI is InChI=1S/C12H9ClN2O3S2/c1-2-19-12-14-10(11(16)20-12)6-7-5-8(15(17)18)3-4-9(7)13/h3-6H,2H2,1H3/b10-6+. The normalized spacial score (nSPS) is 16.6. The first-order chi connectivity index (χ1) is 9.51. The molecule has 0 bridgehead atoms. The third-order valence-electron chi connectivity index (χ3n) is 2.35. The summed E-state index contributed by atoms with van der Waals surface area (Å²) in [6, 6.07) is 4.08. The van der Waals surface area contributed by atoms with E-state index in [1.54, 1.807) is 0 Å². The van der Waals surface area contributed by atoms with Crippen LogP contribution in [0.5, 0.6) is 0 Å². The maximum absolute atomic E-state index is 11.8. The smallest absolute Gasteiger partial charge is 0.270 e. The molecule has 1 heterocycles. The molecule has 0 amide bonds. The summed E-state index contributed by atoms with van der Waals surface area (Å²) in [5.74, 6) is 0.823. The quantitative estimate of drug-likeness (QED) is 0.477. The zero-order valence-corrected chi connectivity index (χ0v) is 12.7. The first-order valence-electron chi connectivity index (χ1n) is 5.60. The van der Waals surface area contributed by atoms with Crippen LogP contribution in [0.15, 0.2) is 28.9 Å². The van der Waals surface area contributed by atoms with Crippen LogP contribution in [-0.2, 0) is 4.79 Å². The van der Waals surface area contributed by atoms with E-state index in [9.17, 15) is 14.9 Å². The van der Waals surface area contributed by atoms with Crippen molar-refractivity contribution in [1.29, 1.82) is 0 Å². The maximum atomic E-state index is 11.8. The number of non-ortho nitro benzene ring substituents is 1. The molecule has 0 saturated carbocycles. The average molecular weight is 329 g/mol. The molecule has 0 N–H and O–H groups in total. The highest BCUT2D eigenvalue weighted by Gasteiger charge is 2.22. The van der Waals surface area contributed by atoms with E-state index < -0.39 is 4.92 Å². The highest BCUT2D eigenvalue weighted by Crippen LogP contribution is 2.32. The molecule has 0 spiro atoms. The van der Waals surface area contributed by atoms with Gasteiger partial charge in [-0.15, -0.1) is 0 Å². The molecule has 0 atom stereocenters. The highest BCUT2D eigenvalue weighted by molar-refractivity contribution is 8.45. The van der Waals surface area contributed by atoms with E-state index in [0.29, 0.717) is 15.0 Å². The number of nitrogens with zero attached hydrogens (tertiary/aromatic N) is 2. The van der Waals surface area contributed by atoms with E-state index >= 15 is 0 Å². The van der Waals surface area contributed by atoms with Crippen molar-refractivity contribution >= 4 is 56.4 Å². The van der Waals surface area contributed by atoms with E-state index in [4.69, 9.17) is 11.6 Å². The molecular weight excluding hydrogens is 320 g/mol. The molecule has 0 radical (unpaired) electrons. The molecule has 0 aliphatic carbocycles. The second kappa shape index (κ2) is 6.43. The van der Waals surface area contributed by atoms with E-state index in [0.717, 1.165) is 17.5 Å². The third kappa shape index (κ3) is 3.41. The van der Waals surface area contributed by atoms with Gasteiger partial charge in [0, 0.05) is 22.7 Å². The minimum atomic E-state index is -0.509. The van der Waals surface area contributed by atoms with Crippen LogP contribution in [0.25, 0.3) is 6.08 Å².